The van der Waals surface area contributed by atoms with E-state index >= 15 is 0 Å². The summed E-state index contributed by atoms with van der Waals surface area (Å²) in [5.74, 6) is 1.38. The minimum Gasteiger partial charge on any atom is -0.467 e. The van der Waals surface area contributed by atoms with Crippen LogP contribution >= 0.6 is 0 Å². The maximum absolute atomic E-state index is 11.5. The van der Waals surface area contributed by atoms with Crippen molar-refractivity contribution in [2.45, 2.75) is 39.7 Å². The molecule has 0 spiro atoms. The second kappa shape index (κ2) is 6.92. The van der Waals surface area contributed by atoms with Crippen molar-refractivity contribution < 1.29 is 9.53 Å². The van der Waals surface area contributed by atoms with E-state index in [-0.39, 0.29) is 11.9 Å². The Morgan fingerprint density at radius 1 is 1.32 bits per heavy atom. The van der Waals surface area contributed by atoms with Gasteiger partial charge in [-0.1, -0.05) is 13.8 Å². The number of methoxy groups -OCH3 is 1. The third-order valence-electron chi connectivity index (χ3n) is 2.71. The van der Waals surface area contributed by atoms with Crippen molar-refractivity contribution >= 4 is 17.6 Å². The first kappa shape index (κ1) is 15.2. The lowest BCUT2D eigenvalue weighted by molar-refractivity contribution is -0.141. The fourth-order valence-electron chi connectivity index (χ4n) is 1.81. The molecule has 1 heterocycles. The third kappa shape index (κ3) is 3.81. The van der Waals surface area contributed by atoms with Crippen LogP contribution in [0.5, 0.6) is 0 Å². The third-order valence-corrected chi connectivity index (χ3v) is 2.71. The summed E-state index contributed by atoms with van der Waals surface area (Å²) in [6, 6.07) is -0.452. The number of rotatable bonds is 6. The highest BCUT2D eigenvalue weighted by molar-refractivity contribution is 5.79. The van der Waals surface area contributed by atoms with E-state index in [1.165, 1.54) is 13.4 Å². The summed E-state index contributed by atoms with van der Waals surface area (Å²) in [5, 5.41) is 6.28. The molecule has 0 aromatic carbocycles. The number of carbonyl (C=O) groups excluding carboxylic acids is 1. The quantitative estimate of drug-likeness (QED) is 0.767. The minimum atomic E-state index is -0.452. The maximum Gasteiger partial charge on any atom is 0.328 e. The van der Waals surface area contributed by atoms with Crippen LogP contribution in [0.2, 0.25) is 0 Å². The molecule has 1 rings (SSSR count). The number of esters is 1. The fourth-order valence-corrected chi connectivity index (χ4v) is 1.81. The highest BCUT2D eigenvalue weighted by Crippen LogP contribution is 2.28. The SMILES string of the molecule is CCNc1ncnc(NC(C)C(=O)OC)c1C(C)C. The zero-order valence-electron chi connectivity index (χ0n) is 12.2. The minimum absolute atomic E-state index is 0.239. The van der Waals surface area contributed by atoms with Crippen molar-refractivity contribution in [1.29, 1.82) is 0 Å². The van der Waals surface area contributed by atoms with Crippen LogP contribution in [0.25, 0.3) is 0 Å². The molecule has 0 saturated carbocycles. The number of carbonyl (C=O) groups is 1. The van der Waals surface area contributed by atoms with E-state index in [1.54, 1.807) is 6.92 Å². The lowest BCUT2D eigenvalue weighted by Gasteiger charge is -2.19. The first-order chi connectivity index (χ1) is 9.01. The van der Waals surface area contributed by atoms with E-state index in [0.29, 0.717) is 5.82 Å². The molecule has 0 aliphatic rings. The second-order valence-electron chi connectivity index (χ2n) is 4.56. The Bertz CT molecular complexity index is 435. The zero-order valence-corrected chi connectivity index (χ0v) is 12.2. The van der Waals surface area contributed by atoms with E-state index in [4.69, 9.17) is 4.74 Å². The van der Waals surface area contributed by atoms with Crippen LogP contribution in [0.4, 0.5) is 11.6 Å². The first-order valence-corrected chi connectivity index (χ1v) is 6.44. The van der Waals surface area contributed by atoms with Gasteiger partial charge in [-0.2, -0.15) is 0 Å². The second-order valence-corrected chi connectivity index (χ2v) is 4.56. The molecule has 1 aromatic rings. The van der Waals surface area contributed by atoms with Crippen molar-refractivity contribution in [2.24, 2.45) is 0 Å². The molecular formula is C13H22N4O2. The van der Waals surface area contributed by atoms with Gasteiger partial charge in [0, 0.05) is 12.1 Å². The number of ether oxygens (including phenoxy) is 1. The van der Waals surface area contributed by atoms with Crippen molar-refractivity contribution in [1.82, 2.24) is 9.97 Å². The van der Waals surface area contributed by atoms with Crippen LogP contribution < -0.4 is 10.6 Å². The molecule has 1 atom stereocenters. The molecule has 0 fully saturated rings. The molecule has 1 unspecified atom stereocenters. The van der Waals surface area contributed by atoms with Gasteiger partial charge in [0.25, 0.3) is 0 Å². The van der Waals surface area contributed by atoms with Gasteiger partial charge >= 0.3 is 5.97 Å². The molecule has 0 amide bonds. The van der Waals surface area contributed by atoms with Gasteiger partial charge in [0.1, 0.15) is 24.0 Å². The van der Waals surface area contributed by atoms with E-state index in [1.807, 2.05) is 6.92 Å². The first-order valence-electron chi connectivity index (χ1n) is 6.44. The lowest BCUT2D eigenvalue weighted by Crippen LogP contribution is -2.28. The Hall–Kier alpha value is -1.85. The molecule has 106 valence electrons. The van der Waals surface area contributed by atoms with E-state index < -0.39 is 6.04 Å². The summed E-state index contributed by atoms with van der Waals surface area (Å²) in [4.78, 5) is 19.9. The van der Waals surface area contributed by atoms with Crippen molar-refractivity contribution in [2.75, 3.05) is 24.3 Å². The molecule has 0 aliphatic heterocycles. The largest absolute Gasteiger partial charge is 0.467 e. The van der Waals surface area contributed by atoms with Crippen molar-refractivity contribution in [3.05, 3.63) is 11.9 Å². The fraction of sp³-hybridized carbons (Fsp3) is 0.615. The van der Waals surface area contributed by atoms with Gasteiger partial charge in [0.05, 0.1) is 7.11 Å². The summed E-state index contributed by atoms with van der Waals surface area (Å²) >= 11 is 0. The Labute approximate surface area is 114 Å². The number of nitrogens with one attached hydrogen (secondary N) is 2. The van der Waals surface area contributed by atoms with Crippen LogP contribution in [-0.2, 0) is 9.53 Å². The molecule has 19 heavy (non-hydrogen) atoms. The predicted molar refractivity (Wildman–Crippen MR) is 75.4 cm³/mol. The number of hydrogen-bond donors (Lipinski definition) is 2. The van der Waals surface area contributed by atoms with Crippen LogP contribution in [0, 0.1) is 0 Å². The van der Waals surface area contributed by atoms with Crippen LogP contribution in [0.3, 0.4) is 0 Å². The van der Waals surface area contributed by atoms with Gasteiger partial charge in [-0.3, -0.25) is 0 Å². The summed E-state index contributed by atoms with van der Waals surface area (Å²) in [5.41, 5.74) is 0.972. The average Bonchev–Trinajstić information content (AvgIpc) is 2.37. The van der Waals surface area contributed by atoms with Gasteiger partial charge in [-0.25, -0.2) is 14.8 Å². The summed E-state index contributed by atoms with van der Waals surface area (Å²) in [7, 11) is 1.37. The van der Waals surface area contributed by atoms with Crippen LogP contribution in [0.1, 0.15) is 39.2 Å². The summed E-state index contributed by atoms with van der Waals surface area (Å²) in [6.07, 6.45) is 1.48. The molecule has 0 bridgehead atoms. The van der Waals surface area contributed by atoms with Crippen molar-refractivity contribution in [3.8, 4) is 0 Å². The van der Waals surface area contributed by atoms with E-state index in [9.17, 15) is 4.79 Å². The average molecular weight is 266 g/mol. The monoisotopic (exact) mass is 266 g/mol. The Morgan fingerprint density at radius 2 is 1.95 bits per heavy atom. The smallest absolute Gasteiger partial charge is 0.328 e. The number of anilines is 2. The molecule has 6 heteroatoms. The molecule has 6 nitrogen and oxygen atoms in total. The standard InChI is InChI=1S/C13H22N4O2/c1-6-14-11-10(8(2)3)12(16-7-15-11)17-9(4)13(18)19-5/h7-9H,6H2,1-5H3,(H2,14,15,16,17). The Kier molecular flexibility index (Phi) is 5.54. The van der Waals surface area contributed by atoms with Gasteiger partial charge in [0.2, 0.25) is 0 Å². The highest BCUT2D eigenvalue weighted by Gasteiger charge is 2.19. The molecular weight excluding hydrogens is 244 g/mol. The lowest BCUT2D eigenvalue weighted by atomic mass is 10.0. The van der Waals surface area contributed by atoms with E-state index in [2.05, 4.69) is 34.4 Å². The van der Waals surface area contributed by atoms with Crippen LogP contribution in [-0.4, -0.2) is 35.6 Å². The molecule has 0 saturated heterocycles. The Balaban J connectivity index is 3.06. The van der Waals surface area contributed by atoms with Crippen molar-refractivity contribution in [3.63, 3.8) is 0 Å². The predicted octanol–water partition coefficient (Wildman–Crippen LogP) is 2.01. The highest BCUT2D eigenvalue weighted by atomic mass is 16.5. The number of hydrogen-bond acceptors (Lipinski definition) is 6. The summed E-state index contributed by atoms with van der Waals surface area (Å²) in [6.45, 7) is 8.66. The number of aromatic nitrogens is 2. The zero-order chi connectivity index (χ0) is 14.4. The van der Waals surface area contributed by atoms with Gasteiger partial charge in [0.15, 0.2) is 0 Å². The van der Waals surface area contributed by atoms with E-state index in [0.717, 1.165) is 17.9 Å². The summed E-state index contributed by atoms with van der Waals surface area (Å²) < 4.78 is 4.70. The normalized spacial score (nSPS) is 12.1. The van der Waals surface area contributed by atoms with Gasteiger partial charge < -0.3 is 15.4 Å². The molecule has 2 N–H and O–H groups in total. The number of nitrogens with zero attached hydrogens (tertiary/aromatic N) is 2. The molecule has 0 aliphatic carbocycles. The van der Waals surface area contributed by atoms with Crippen LogP contribution in [0.15, 0.2) is 6.33 Å². The molecule has 0 radical (unpaired) electrons. The topological polar surface area (TPSA) is 76.1 Å². The van der Waals surface area contributed by atoms with Gasteiger partial charge in [-0.05, 0) is 19.8 Å². The molecule has 1 aromatic heterocycles. The Morgan fingerprint density at radius 3 is 2.47 bits per heavy atom. The van der Waals surface area contributed by atoms with Gasteiger partial charge in [-0.15, -0.1) is 0 Å². The maximum atomic E-state index is 11.5.